The molecule has 0 amide bonds. The Morgan fingerprint density at radius 1 is 1.07 bits per heavy atom. The van der Waals surface area contributed by atoms with Gasteiger partial charge in [-0.3, -0.25) is 0 Å². The summed E-state index contributed by atoms with van der Waals surface area (Å²) in [5.74, 6) is 3.11. The van der Waals surface area contributed by atoms with E-state index in [-0.39, 0.29) is 0 Å². The van der Waals surface area contributed by atoms with E-state index in [0.29, 0.717) is 40.8 Å². The van der Waals surface area contributed by atoms with Crippen LogP contribution in [0.15, 0.2) is 18.3 Å². The molecule has 1 aliphatic rings. The molecule has 0 atom stereocenters. The molecule has 1 aromatic carbocycles. The van der Waals surface area contributed by atoms with Crippen molar-refractivity contribution in [3.05, 3.63) is 35.8 Å². The Labute approximate surface area is 162 Å². The van der Waals surface area contributed by atoms with Crippen molar-refractivity contribution in [1.29, 1.82) is 0 Å². The zero-order valence-electron chi connectivity index (χ0n) is 16.2. The summed E-state index contributed by atoms with van der Waals surface area (Å²) >= 11 is 0. The maximum absolute atomic E-state index is 13.7. The van der Waals surface area contributed by atoms with Crippen LogP contribution in [0.3, 0.4) is 0 Å². The Morgan fingerprint density at radius 2 is 1.79 bits per heavy atom. The molecule has 1 aliphatic carbocycles. The van der Waals surface area contributed by atoms with Gasteiger partial charge in [-0.2, -0.15) is 9.37 Å². The quantitative estimate of drug-likeness (QED) is 0.580. The van der Waals surface area contributed by atoms with E-state index in [1.54, 1.807) is 21.3 Å². The summed E-state index contributed by atoms with van der Waals surface area (Å²) < 4.78 is 32.0. The standard InChI is InChI=1S/C20H23FN4O3/c1-26-15-7-13(8-16(27-2)18(15)28-3)9-17-23-14-10-22-20(21)24-19(14)25(17)11-12-5-4-6-12/h7-8,10,12H,4-6,9,11H2,1-3H3. The van der Waals surface area contributed by atoms with Gasteiger partial charge in [0.25, 0.3) is 0 Å². The number of benzene rings is 1. The summed E-state index contributed by atoms with van der Waals surface area (Å²) in [6, 6.07) is 3.81. The van der Waals surface area contributed by atoms with Crippen LogP contribution in [0.4, 0.5) is 4.39 Å². The maximum Gasteiger partial charge on any atom is 0.310 e. The minimum atomic E-state index is -0.735. The van der Waals surface area contributed by atoms with Gasteiger partial charge in [0.1, 0.15) is 11.3 Å². The average Bonchev–Trinajstić information content (AvgIpc) is 2.99. The third-order valence-corrected chi connectivity index (χ3v) is 5.29. The molecular weight excluding hydrogens is 363 g/mol. The number of imidazole rings is 1. The number of rotatable bonds is 7. The number of methoxy groups -OCH3 is 3. The first-order chi connectivity index (χ1) is 13.6. The minimum Gasteiger partial charge on any atom is -0.493 e. The molecule has 0 radical (unpaired) electrons. The predicted octanol–water partition coefficient (Wildman–Crippen LogP) is 3.38. The van der Waals surface area contributed by atoms with Crippen molar-refractivity contribution in [1.82, 2.24) is 19.5 Å². The summed E-state index contributed by atoms with van der Waals surface area (Å²) in [7, 11) is 4.75. The van der Waals surface area contributed by atoms with E-state index in [1.165, 1.54) is 25.5 Å². The van der Waals surface area contributed by atoms with Crippen LogP contribution >= 0.6 is 0 Å². The van der Waals surface area contributed by atoms with Gasteiger partial charge in [-0.15, -0.1) is 0 Å². The number of nitrogens with zero attached hydrogens (tertiary/aromatic N) is 4. The van der Waals surface area contributed by atoms with Crippen LogP contribution in [-0.2, 0) is 13.0 Å². The zero-order chi connectivity index (χ0) is 19.7. The fourth-order valence-electron chi connectivity index (χ4n) is 3.63. The van der Waals surface area contributed by atoms with Crippen LogP contribution in [0.5, 0.6) is 17.2 Å². The predicted molar refractivity (Wildman–Crippen MR) is 102 cm³/mol. The third-order valence-electron chi connectivity index (χ3n) is 5.29. The van der Waals surface area contributed by atoms with E-state index in [2.05, 4.69) is 15.0 Å². The number of fused-ring (bicyclic) bond motifs is 1. The third kappa shape index (κ3) is 3.34. The lowest BCUT2D eigenvalue weighted by Gasteiger charge is -2.26. The van der Waals surface area contributed by atoms with E-state index in [4.69, 9.17) is 14.2 Å². The highest BCUT2D eigenvalue weighted by Crippen LogP contribution is 2.39. The van der Waals surface area contributed by atoms with Crippen molar-refractivity contribution >= 4 is 11.2 Å². The molecule has 1 fully saturated rings. The number of ether oxygens (including phenoxy) is 3. The molecule has 8 heteroatoms. The monoisotopic (exact) mass is 386 g/mol. The van der Waals surface area contributed by atoms with Crippen molar-refractivity contribution in [2.75, 3.05) is 21.3 Å². The van der Waals surface area contributed by atoms with Crippen LogP contribution in [0.2, 0.25) is 0 Å². The number of hydrogen-bond donors (Lipinski definition) is 0. The summed E-state index contributed by atoms with van der Waals surface area (Å²) in [4.78, 5) is 12.3. The zero-order valence-corrected chi connectivity index (χ0v) is 16.2. The lowest BCUT2D eigenvalue weighted by Crippen LogP contribution is -2.20. The minimum absolute atomic E-state index is 0.529. The molecule has 28 heavy (non-hydrogen) atoms. The van der Waals surface area contributed by atoms with E-state index >= 15 is 0 Å². The molecule has 3 aromatic rings. The Kier molecular flexibility index (Phi) is 5.02. The van der Waals surface area contributed by atoms with Crippen LogP contribution in [0, 0.1) is 12.0 Å². The highest BCUT2D eigenvalue weighted by atomic mass is 19.1. The molecule has 0 N–H and O–H groups in total. The van der Waals surface area contributed by atoms with Crippen LogP contribution in [-0.4, -0.2) is 40.8 Å². The van der Waals surface area contributed by atoms with Gasteiger partial charge in [0.2, 0.25) is 5.75 Å². The topological polar surface area (TPSA) is 71.3 Å². The van der Waals surface area contributed by atoms with Crippen LogP contribution < -0.4 is 14.2 Å². The van der Waals surface area contributed by atoms with Crippen molar-refractivity contribution in [3.63, 3.8) is 0 Å². The first-order valence-electron chi connectivity index (χ1n) is 9.29. The molecule has 0 saturated heterocycles. The lowest BCUT2D eigenvalue weighted by atomic mass is 9.85. The molecule has 4 rings (SSSR count). The summed E-state index contributed by atoms with van der Waals surface area (Å²) in [5.41, 5.74) is 2.10. The van der Waals surface area contributed by atoms with Crippen molar-refractivity contribution in [2.24, 2.45) is 5.92 Å². The number of halogens is 1. The van der Waals surface area contributed by atoms with Gasteiger partial charge in [-0.05, 0) is 36.5 Å². The smallest absolute Gasteiger partial charge is 0.310 e. The SMILES string of the molecule is COc1cc(Cc2nc3cnc(F)nc3n2CC2CCC2)cc(OC)c1OC. The Hall–Kier alpha value is -2.90. The molecule has 1 saturated carbocycles. The van der Waals surface area contributed by atoms with Gasteiger partial charge in [0.05, 0.1) is 27.5 Å². The molecule has 2 aromatic heterocycles. The Bertz CT molecular complexity index is 976. The van der Waals surface area contributed by atoms with Crippen LogP contribution in [0.1, 0.15) is 30.7 Å². The second-order valence-electron chi connectivity index (χ2n) is 6.99. The molecule has 2 heterocycles. The highest BCUT2D eigenvalue weighted by molar-refractivity contribution is 5.70. The second-order valence-corrected chi connectivity index (χ2v) is 6.99. The first kappa shape index (κ1) is 18.5. The lowest BCUT2D eigenvalue weighted by molar-refractivity contribution is 0.276. The average molecular weight is 386 g/mol. The summed E-state index contributed by atoms with van der Waals surface area (Å²) in [6.07, 6.45) is 4.83. The largest absolute Gasteiger partial charge is 0.493 e. The fourth-order valence-corrected chi connectivity index (χ4v) is 3.63. The molecule has 0 unspecified atom stereocenters. The van der Waals surface area contributed by atoms with Gasteiger partial charge in [0.15, 0.2) is 17.1 Å². The highest BCUT2D eigenvalue weighted by Gasteiger charge is 2.23. The molecule has 0 bridgehead atoms. The van der Waals surface area contributed by atoms with E-state index in [0.717, 1.165) is 17.9 Å². The second kappa shape index (κ2) is 7.61. The first-order valence-corrected chi connectivity index (χ1v) is 9.29. The van der Waals surface area contributed by atoms with Crippen molar-refractivity contribution in [2.45, 2.75) is 32.2 Å². The summed E-state index contributed by atoms with van der Waals surface area (Å²) in [5, 5.41) is 0. The normalized spacial score (nSPS) is 14.1. The number of hydrogen-bond acceptors (Lipinski definition) is 6. The maximum atomic E-state index is 13.7. The van der Waals surface area contributed by atoms with E-state index in [1.807, 2.05) is 16.7 Å². The molecular formula is C20H23FN4O3. The number of aromatic nitrogens is 4. The molecule has 0 aliphatic heterocycles. The molecule has 0 spiro atoms. The Balaban J connectivity index is 1.75. The van der Waals surface area contributed by atoms with Gasteiger partial charge >= 0.3 is 6.08 Å². The van der Waals surface area contributed by atoms with Gasteiger partial charge in [-0.25, -0.2) is 9.97 Å². The van der Waals surface area contributed by atoms with Gasteiger partial charge in [-0.1, -0.05) is 6.42 Å². The van der Waals surface area contributed by atoms with Crippen LogP contribution in [0.25, 0.3) is 11.2 Å². The van der Waals surface area contributed by atoms with Crippen molar-refractivity contribution in [3.8, 4) is 17.2 Å². The molecule has 148 valence electrons. The summed E-state index contributed by atoms with van der Waals surface area (Å²) in [6.45, 7) is 0.784. The van der Waals surface area contributed by atoms with E-state index in [9.17, 15) is 4.39 Å². The Morgan fingerprint density at radius 3 is 2.36 bits per heavy atom. The van der Waals surface area contributed by atoms with Gasteiger partial charge < -0.3 is 18.8 Å². The molecule has 7 nitrogen and oxygen atoms in total. The fraction of sp³-hybridized carbons (Fsp3) is 0.450. The van der Waals surface area contributed by atoms with E-state index < -0.39 is 6.08 Å². The van der Waals surface area contributed by atoms with Crippen molar-refractivity contribution < 1.29 is 18.6 Å². The van der Waals surface area contributed by atoms with Gasteiger partial charge in [0, 0.05) is 13.0 Å².